The highest BCUT2D eigenvalue weighted by Gasteiger charge is 2.02. The van der Waals surface area contributed by atoms with Gasteiger partial charge in [0, 0.05) is 13.1 Å². The Morgan fingerprint density at radius 1 is 1.08 bits per heavy atom. The molecule has 0 spiro atoms. The van der Waals surface area contributed by atoms with Gasteiger partial charge in [0.1, 0.15) is 11.6 Å². The third kappa shape index (κ3) is 5.57. The molecule has 2 aromatic carbocycles. The Morgan fingerprint density at radius 3 is 2.54 bits per heavy atom. The van der Waals surface area contributed by atoms with Crippen LogP contribution in [0.15, 0.2) is 53.5 Å². The minimum Gasteiger partial charge on any atom is -0.496 e. The molecule has 0 aliphatic rings. The molecule has 0 radical (unpaired) electrons. The van der Waals surface area contributed by atoms with Gasteiger partial charge in [0.05, 0.1) is 13.7 Å². The molecular formula is C19H24FN3O. The molecule has 0 fully saturated rings. The van der Waals surface area contributed by atoms with E-state index in [1.165, 1.54) is 12.1 Å². The van der Waals surface area contributed by atoms with Crippen LogP contribution in [0.2, 0.25) is 0 Å². The van der Waals surface area contributed by atoms with Crippen molar-refractivity contribution in [2.45, 2.75) is 19.9 Å². The van der Waals surface area contributed by atoms with Crippen LogP contribution < -0.4 is 15.4 Å². The van der Waals surface area contributed by atoms with Crippen molar-refractivity contribution in [3.8, 4) is 5.75 Å². The summed E-state index contributed by atoms with van der Waals surface area (Å²) >= 11 is 0. The highest BCUT2D eigenvalue weighted by atomic mass is 19.1. The number of halogens is 1. The monoisotopic (exact) mass is 329 g/mol. The number of hydrogen-bond donors (Lipinski definition) is 2. The van der Waals surface area contributed by atoms with E-state index in [9.17, 15) is 4.39 Å². The predicted molar refractivity (Wildman–Crippen MR) is 95.9 cm³/mol. The van der Waals surface area contributed by atoms with Crippen LogP contribution in [0, 0.1) is 5.82 Å². The summed E-state index contributed by atoms with van der Waals surface area (Å²) in [4.78, 5) is 4.53. The number of para-hydroxylation sites is 1. The summed E-state index contributed by atoms with van der Waals surface area (Å²) in [5.74, 6) is 1.41. The lowest BCUT2D eigenvalue weighted by atomic mass is 10.1. The molecule has 0 amide bonds. The van der Waals surface area contributed by atoms with Gasteiger partial charge in [0.2, 0.25) is 0 Å². The van der Waals surface area contributed by atoms with Gasteiger partial charge in [-0.05, 0) is 42.7 Å². The van der Waals surface area contributed by atoms with Crippen LogP contribution in [-0.2, 0) is 13.0 Å². The van der Waals surface area contributed by atoms with Gasteiger partial charge in [0.15, 0.2) is 5.96 Å². The van der Waals surface area contributed by atoms with Crippen molar-refractivity contribution in [3.63, 3.8) is 0 Å². The lowest BCUT2D eigenvalue weighted by Gasteiger charge is -2.12. The number of benzene rings is 2. The van der Waals surface area contributed by atoms with Crippen molar-refractivity contribution in [2.24, 2.45) is 4.99 Å². The number of nitrogens with one attached hydrogen (secondary N) is 2. The van der Waals surface area contributed by atoms with Crippen LogP contribution >= 0.6 is 0 Å². The molecule has 0 bridgehead atoms. The SMILES string of the molecule is CCNC(=NCc1ccc(F)cc1)NCCc1ccccc1OC. The van der Waals surface area contributed by atoms with Gasteiger partial charge in [-0.1, -0.05) is 30.3 Å². The van der Waals surface area contributed by atoms with Crippen molar-refractivity contribution in [1.82, 2.24) is 10.6 Å². The first-order valence-corrected chi connectivity index (χ1v) is 8.11. The van der Waals surface area contributed by atoms with E-state index in [0.717, 1.165) is 42.3 Å². The summed E-state index contributed by atoms with van der Waals surface area (Å²) in [7, 11) is 1.68. The van der Waals surface area contributed by atoms with Gasteiger partial charge in [-0.2, -0.15) is 0 Å². The van der Waals surface area contributed by atoms with Gasteiger partial charge in [-0.25, -0.2) is 9.38 Å². The molecule has 5 heteroatoms. The quantitative estimate of drug-likeness (QED) is 0.606. The van der Waals surface area contributed by atoms with E-state index in [1.807, 2.05) is 25.1 Å². The average Bonchev–Trinajstić information content (AvgIpc) is 2.61. The summed E-state index contributed by atoms with van der Waals surface area (Å²) in [6.45, 7) is 4.05. The summed E-state index contributed by atoms with van der Waals surface area (Å²) in [6.07, 6.45) is 0.838. The number of aliphatic imine (C=N–C) groups is 1. The molecule has 2 aromatic rings. The van der Waals surface area contributed by atoms with Crippen LogP contribution in [0.3, 0.4) is 0 Å². The van der Waals surface area contributed by atoms with E-state index in [4.69, 9.17) is 4.74 Å². The van der Waals surface area contributed by atoms with E-state index in [-0.39, 0.29) is 5.82 Å². The Bertz CT molecular complexity index is 656. The van der Waals surface area contributed by atoms with Gasteiger partial charge in [-0.3, -0.25) is 0 Å². The van der Waals surface area contributed by atoms with E-state index in [1.54, 1.807) is 19.2 Å². The molecule has 0 saturated carbocycles. The topological polar surface area (TPSA) is 45.7 Å². The van der Waals surface area contributed by atoms with Crippen molar-refractivity contribution in [1.29, 1.82) is 0 Å². The zero-order valence-corrected chi connectivity index (χ0v) is 14.2. The number of rotatable bonds is 7. The van der Waals surface area contributed by atoms with Crippen LogP contribution in [0.4, 0.5) is 4.39 Å². The summed E-state index contributed by atoms with van der Waals surface area (Å²) in [5.41, 5.74) is 2.13. The molecule has 128 valence electrons. The van der Waals surface area contributed by atoms with Crippen LogP contribution in [0.1, 0.15) is 18.1 Å². The van der Waals surface area contributed by atoms with Crippen molar-refractivity contribution in [2.75, 3.05) is 20.2 Å². The normalized spacial score (nSPS) is 11.2. The minimum atomic E-state index is -0.232. The second-order valence-electron chi connectivity index (χ2n) is 5.31. The second-order valence-corrected chi connectivity index (χ2v) is 5.31. The third-order valence-electron chi connectivity index (χ3n) is 3.56. The lowest BCUT2D eigenvalue weighted by molar-refractivity contribution is 0.409. The first kappa shape index (κ1) is 17.8. The number of guanidine groups is 1. The fourth-order valence-corrected chi connectivity index (χ4v) is 2.33. The molecule has 24 heavy (non-hydrogen) atoms. The fourth-order valence-electron chi connectivity index (χ4n) is 2.33. The van der Waals surface area contributed by atoms with Crippen LogP contribution in [-0.4, -0.2) is 26.2 Å². The molecule has 2 rings (SSSR count). The molecule has 0 heterocycles. The van der Waals surface area contributed by atoms with E-state index in [2.05, 4.69) is 21.7 Å². The number of nitrogens with zero attached hydrogens (tertiary/aromatic N) is 1. The maximum atomic E-state index is 12.9. The smallest absolute Gasteiger partial charge is 0.191 e. The highest BCUT2D eigenvalue weighted by molar-refractivity contribution is 5.79. The average molecular weight is 329 g/mol. The van der Waals surface area contributed by atoms with Gasteiger partial charge < -0.3 is 15.4 Å². The molecule has 0 aromatic heterocycles. The number of ether oxygens (including phenoxy) is 1. The summed E-state index contributed by atoms with van der Waals surface area (Å²) in [6, 6.07) is 14.4. The Balaban J connectivity index is 1.90. The first-order valence-electron chi connectivity index (χ1n) is 8.11. The lowest BCUT2D eigenvalue weighted by Crippen LogP contribution is -2.38. The Hall–Kier alpha value is -2.56. The molecule has 0 atom stereocenters. The van der Waals surface area contributed by atoms with Gasteiger partial charge in [-0.15, -0.1) is 0 Å². The molecular weight excluding hydrogens is 305 g/mol. The third-order valence-corrected chi connectivity index (χ3v) is 3.56. The maximum absolute atomic E-state index is 12.9. The van der Waals surface area contributed by atoms with Crippen molar-refractivity contribution < 1.29 is 9.13 Å². The standard InChI is InChI=1S/C19H24FN3O/c1-3-21-19(23-14-15-8-10-17(20)11-9-15)22-13-12-16-6-4-5-7-18(16)24-2/h4-11H,3,12-14H2,1-2H3,(H2,21,22,23). The highest BCUT2D eigenvalue weighted by Crippen LogP contribution is 2.17. The second kappa shape index (κ2) is 9.55. The summed E-state index contributed by atoms with van der Waals surface area (Å²) < 4.78 is 18.3. The van der Waals surface area contributed by atoms with E-state index >= 15 is 0 Å². The molecule has 0 unspecified atom stereocenters. The summed E-state index contributed by atoms with van der Waals surface area (Å²) in [5, 5.41) is 6.52. The van der Waals surface area contributed by atoms with Crippen molar-refractivity contribution >= 4 is 5.96 Å². The minimum absolute atomic E-state index is 0.232. The Kier molecular flexibility index (Phi) is 7.08. The maximum Gasteiger partial charge on any atom is 0.191 e. The van der Waals surface area contributed by atoms with Crippen LogP contribution in [0.25, 0.3) is 0 Å². The number of hydrogen-bond acceptors (Lipinski definition) is 2. The van der Waals surface area contributed by atoms with E-state index < -0.39 is 0 Å². The van der Waals surface area contributed by atoms with Crippen LogP contribution in [0.5, 0.6) is 5.75 Å². The largest absolute Gasteiger partial charge is 0.496 e. The zero-order chi connectivity index (χ0) is 17.2. The Labute approximate surface area is 142 Å². The molecule has 4 nitrogen and oxygen atoms in total. The molecule has 0 aliphatic carbocycles. The Morgan fingerprint density at radius 2 is 1.83 bits per heavy atom. The molecule has 0 saturated heterocycles. The van der Waals surface area contributed by atoms with E-state index in [0.29, 0.717) is 6.54 Å². The van der Waals surface area contributed by atoms with Gasteiger partial charge >= 0.3 is 0 Å². The number of methoxy groups -OCH3 is 1. The van der Waals surface area contributed by atoms with Gasteiger partial charge in [0.25, 0.3) is 0 Å². The first-order chi connectivity index (χ1) is 11.7. The molecule has 2 N–H and O–H groups in total. The van der Waals surface area contributed by atoms with Crippen molar-refractivity contribution in [3.05, 3.63) is 65.5 Å². The fraction of sp³-hybridized carbons (Fsp3) is 0.316. The zero-order valence-electron chi connectivity index (χ0n) is 14.2. The predicted octanol–water partition coefficient (Wildman–Crippen LogP) is 3.13. The molecule has 0 aliphatic heterocycles.